The van der Waals surface area contributed by atoms with Crippen LogP contribution in [-0.2, 0) is 52.3 Å². The summed E-state index contributed by atoms with van der Waals surface area (Å²) in [6, 6.07) is 9.03. The Morgan fingerprint density at radius 3 is 2.17 bits per heavy atom. The van der Waals surface area contributed by atoms with Crippen LogP contribution in [0.1, 0.15) is 33.4 Å². The largest absolute Gasteiger partial charge is 0.419 e. The van der Waals surface area contributed by atoms with Crippen molar-refractivity contribution in [3.8, 4) is 0 Å². The molecule has 1 N–H and O–H groups in total. The highest BCUT2D eigenvalue weighted by Gasteiger charge is 2.34. The fraction of sp³-hybridized carbons (Fsp3) is 0.269. The second-order valence-electron chi connectivity index (χ2n) is 9.13. The van der Waals surface area contributed by atoms with E-state index < -0.39 is 57.4 Å². The van der Waals surface area contributed by atoms with E-state index in [0.717, 1.165) is 30.3 Å². The highest BCUT2D eigenvalue weighted by Crippen LogP contribution is 2.35. The van der Waals surface area contributed by atoms with Crippen LogP contribution in [-0.4, -0.2) is 25.2 Å². The number of benzene rings is 3. The number of carbonyl (C=O) groups is 1. The first-order valence-corrected chi connectivity index (χ1v) is 13.6. The zero-order valence-electron chi connectivity index (χ0n) is 20.3. The minimum absolute atomic E-state index is 0.00327. The maximum atomic E-state index is 13.9. The average Bonchev–Trinajstić information content (AvgIpc) is 2.84. The molecule has 0 atom stereocenters. The third kappa shape index (κ3) is 6.76. The van der Waals surface area contributed by atoms with Crippen molar-refractivity contribution in [2.45, 2.75) is 37.5 Å². The summed E-state index contributed by atoms with van der Waals surface area (Å²) in [4.78, 5) is 12.6. The van der Waals surface area contributed by atoms with Gasteiger partial charge in [-0.05, 0) is 59.0 Å². The molecule has 1 aliphatic heterocycles. The SMILES string of the molecule is O=C(Cc1ccc(C(F)(F)F)c(F)c1)Nc1c(Cl)ccc2c1CCN(S(=O)(=O)Cc1ccc(C(F)(F)F)cc1)C2. The van der Waals surface area contributed by atoms with Gasteiger partial charge in [0.05, 0.1) is 34.0 Å². The van der Waals surface area contributed by atoms with E-state index in [1.54, 1.807) is 6.07 Å². The zero-order valence-corrected chi connectivity index (χ0v) is 21.9. The lowest BCUT2D eigenvalue weighted by molar-refractivity contribution is -0.140. The summed E-state index contributed by atoms with van der Waals surface area (Å²) in [7, 11) is -3.92. The second-order valence-corrected chi connectivity index (χ2v) is 11.5. The van der Waals surface area contributed by atoms with Crippen molar-refractivity contribution in [2.24, 2.45) is 0 Å². The van der Waals surface area contributed by atoms with E-state index in [1.807, 2.05) is 0 Å². The molecule has 0 aliphatic carbocycles. The number of halogens is 8. The fourth-order valence-corrected chi connectivity index (χ4v) is 6.06. The van der Waals surface area contributed by atoms with Crippen molar-refractivity contribution in [1.82, 2.24) is 4.31 Å². The van der Waals surface area contributed by atoms with E-state index in [9.17, 15) is 43.9 Å². The highest BCUT2D eigenvalue weighted by atomic mass is 35.5. The molecule has 0 saturated carbocycles. The lowest BCUT2D eigenvalue weighted by Gasteiger charge is -2.30. The van der Waals surface area contributed by atoms with Gasteiger partial charge in [-0.1, -0.05) is 35.9 Å². The molecule has 0 unspecified atom stereocenters. The summed E-state index contributed by atoms with van der Waals surface area (Å²) in [5.74, 6) is -2.70. The van der Waals surface area contributed by atoms with Crippen molar-refractivity contribution in [1.29, 1.82) is 0 Å². The summed E-state index contributed by atoms with van der Waals surface area (Å²) in [6.07, 6.45) is -9.72. The summed E-state index contributed by atoms with van der Waals surface area (Å²) in [5, 5.41) is 2.73. The normalized spacial score (nSPS) is 14.6. The molecule has 0 spiro atoms. The number of nitrogens with one attached hydrogen (secondary N) is 1. The van der Waals surface area contributed by atoms with E-state index in [0.29, 0.717) is 23.3 Å². The Balaban J connectivity index is 1.47. The minimum atomic E-state index is -4.87. The van der Waals surface area contributed by atoms with Crippen LogP contribution in [0, 0.1) is 5.82 Å². The smallest absolute Gasteiger partial charge is 0.324 e. The van der Waals surface area contributed by atoms with Gasteiger partial charge in [0.25, 0.3) is 0 Å². The molecule has 1 aliphatic rings. The molecule has 3 aromatic carbocycles. The van der Waals surface area contributed by atoms with Crippen LogP contribution >= 0.6 is 11.6 Å². The number of amides is 1. The first-order chi connectivity index (χ1) is 18.5. The molecule has 5 nitrogen and oxygen atoms in total. The number of fused-ring (bicyclic) bond motifs is 1. The molecule has 1 heterocycles. The standard InChI is InChI=1S/C26H20ClF7N2O3S/c27-21-8-4-17-13-36(40(38,39)14-15-1-5-18(6-2-15)25(29,30)31)10-9-19(17)24(21)35-23(37)12-16-3-7-20(22(28)11-16)26(32,33)34/h1-8,11H,9-10,12-14H2,(H,35,37). The Labute approximate surface area is 229 Å². The van der Waals surface area contributed by atoms with Gasteiger partial charge in [-0.25, -0.2) is 12.8 Å². The maximum Gasteiger partial charge on any atom is 0.419 e. The number of anilines is 1. The van der Waals surface area contributed by atoms with Gasteiger partial charge >= 0.3 is 12.4 Å². The molecule has 0 radical (unpaired) electrons. The minimum Gasteiger partial charge on any atom is -0.324 e. The van der Waals surface area contributed by atoms with E-state index in [1.165, 1.54) is 10.4 Å². The molecule has 0 aromatic heterocycles. The molecular weight excluding hydrogens is 589 g/mol. The molecule has 4 rings (SSSR count). The van der Waals surface area contributed by atoms with Crippen LogP contribution in [0.4, 0.5) is 36.4 Å². The van der Waals surface area contributed by atoms with Crippen molar-refractivity contribution in [3.05, 3.63) is 98.8 Å². The van der Waals surface area contributed by atoms with Gasteiger partial charge in [0.15, 0.2) is 0 Å². The number of alkyl halides is 6. The van der Waals surface area contributed by atoms with Gasteiger partial charge in [0.1, 0.15) is 5.82 Å². The topological polar surface area (TPSA) is 66.5 Å². The Hall–Kier alpha value is -3.16. The van der Waals surface area contributed by atoms with E-state index in [-0.39, 0.29) is 41.3 Å². The monoisotopic (exact) mass is 608 g/mol. The van der Waals surface area contributed by atoms with E-state index >= 15 is 0 Å². The summed E-state index contributed by atoms with van der Waals surface area (Å²) in [5.41, 5.74) is -0.864. The number of sulfonamides is 1. The van der Waals surface area contributed by atoms with Crippen molar-refractivity contribution >= 4 is 33.2 Å². The lowest BCUT2D eigenvalue weighted by Crippen LogP contribution is -2.37. The third-order valence-corrected chi connectivity index (χ3v) is 8.42. The summed E-state index contributed by atoms with van der Waals surface area (Å²) >= 11 is 6.27. The van der Waals surface area contributed by atoms with Gasteiger partial charge in [-0.15, -0.1) is 0 Å². The lowest BCUT2D eigenvalue weighted by atomic mass is 9.98. The molecular formula is C26H20ClF7N2O3S. The highest BCUT2D eigenvalue weighted by molar-refractivity contribution is 7.88. The first-order valence-electron chi connectivity index (χ1n) is 11.6. The summed E-state index contributed by atoms with van der Waals surface area (Å²) in [6.45, 7) is -0.0776. The maximum absolute atomic E-state index is 13.9. The Bertz CT molecular complexity index is 1540. The van der Waals surface area contributed by atoms with Crippen LogP contribution in [0.15, 0.2) is 54.6 Å². The van der Waals surface area contributed by atoms with Crippen LogP contribution in [0.3, 0.4) is 0 Å². The van der Waals surface area contributed by atoms with E-state index in [2.05, 4.69) is 5.32 Å². The molecule has 0 saturated heterocycles. The molecule has 3 aromatic rings. The van der Waals surface area contributed by atoms with E-state index in [4.69, 9.17) is 11.6 Å². The van der Waals surface area contributed by atoms with Gasteiger partial charge in [0, 0.05) is 13.1 Å². The fourth-order valence-electron chi connectivity index (χ4n) is 4.33. The van der Waals surface area contributed by atoms with Crippen molar-refractivity contribution in [3.63, 3.8) is 0 Å². The molecule has 214 valence electrons. The number of rotatable bonds is 6. The Kier molecular flexibility index (Phi) is 8.21. The first kappa shape index (κ1) is 29.8. The molecule has 14 heteroatoms. The van der Waals surface area contributed by atoms with Crippen LogP contribution in [0.2, 0.25) is 5.02 Å². The van der Waals surface area contributed by atoms with Crippen molar-refractivity contribution in [2.75, 3.05) is 11.9 Å². The molecule has 1 amide bonds. The Morgan fingerprint density at radius 2 is 1.57 bits per heavy atom. The average molecular weight is 609 g/mol. The van der Waals surface area contributed by atoms with Gasteiger partial charge < -0.3 is 5.32 Å². The number of nitrogens with zero attached hydrogens (tertiary/aromatic N) is 1. The van der Waals surface area contributed by atoms with Crippen LogP contribution in [0.25, 0.3) is 0 Å². The molecule has 0 bridgehead atoms. The Morgan fingerprint density at radius 1 is 0.925 bits per heavy atom. The quantitative estimate of drug-likeness (QED) is 0.321. The number of hydrogen-bond acceptors (Lipinski definition) is 3. The predicted octanol–water partition coefficient (Wildman–Crippen LogP) is 6.59. The zero-order chi connectivity index (χ0) is 29.5. The number of carbonyl (C=O) groups excluding carboxylic acids is 1. The van der Waals surface area contributed by atoms with Crippen molar-refractivity contribution < 1.29 is 43.9 Å². The predicted molar refractivity (Wildman–Crippen MR) is 133 cm³/mol. The summed E-state index contributed by atoms with van der Waals surface area (Å²) < 4.78 is 118. The third-order valence-electron chi connectivity index (χ3n) is 6.31. The molecule has 40 heavy (non-hydrogen) atoms. The van der Waals surface area contributed by atoms with Gasteiger partial charge in [-0.3, -0.25) is 4.79 Å². The van der Waals surface area contributed by atoms with Crippen LogP contribution < -0.4 is 5.32 Å². The number of hydrogen-bond donors (Lipinski definition) is 1. The van der Waals surface area contributed by atoms with Gasteiger partial charge in [0.2, 0.25) is 15.9 Å². The van der Waals surface area contributed by atoms with Gasteiger partial charge in [-0.2, -0.15) is 30.6 Å². The second kappa shape index (κ2) is 11.0. The molecule has 0 fully saturated rings. The van der Waals surface area contributed by atoms with Crippen LogP contribution in [0.5, 0.6) is 0 Å².